The van der Waals surface area contributed by atoms with Gasteiger partial charge in [-0.25, -0.2) is 0 Å². The third-order valence-corrected chi connectivity index (χ3v) is 2.31. The molecule has 1 aromatic carbocycles. The van der Waals surface area contributed by atoms with Crippen LogP contribution in [0.5, 0.6) is 0 Å². The van der Waals surface area contributed by atoms with Gasteiger partial charge in [-0.05, 0) is 17.7 Å². The maximum atomic E-state index is 11.0. The number of nitrogens with two attached hydrogens (primary N) is 1. The van der Waals surface area contributed by atoms with Gasteiger partial charge in [-0.15, -0.1) is 0 Å². The Balaban J connectivity index is 2.13. The molecule has 14 heavy (non-hydrogen) atoms. The first kappa shape index (κ1) is 9.02. The smallest absolute Gasteiger partial charge is 0.240 e. The number of hydrogen-bond donors (Lipinski definition) is 2. The van der Waals surface area contributed by atoms with Crippen LogP contribution in [0, 0.1) is 0 Å². The lowest BCUT2D eigenvalue weighted by Crippen LogP contribution is -2.32. The second-order valence-electron chi connectivity index (χ2n) is 3.31. The van der Waals surface area contributed by atoms with E-state index in [0.29, 0.717) is 13.0 Å². The van der Waals surface area contributed by atoms with E-state index in [9.17, 15) is 4.79 Å². The molecule has 0 aromatic heterocycles. The predicted molar refractivity (Wildman–Crippen MR) is 54.4 cm³/mol. The van der Waals surface area contributed by atoms with Crippen molar-refractivity contribution in [3.8, 4) is 0 Å². The van der Waals surface area contributed by atoms with Gasteiger partial charge in [0.2, 0.25) is 5.91 Å². The second-order valence-corrected chi connectivity index (χ2v) is 3.31. The van der Waals surface area contributed by atoms with E-state index < -0.39 is 0 Å². The van der Waals surface area contributed by atoms with Gasteiger partial charge in [-0.2, -0.15) is 0 Å². The van der Waals surface area contributed by atoms with Crippen molar-refractivity contribution in [2.75, 3.05) is 11.6 Å². The molecule has 1 amide bonds. The Kier molecular flexibility index (Phi) is 2.37. The number of rotatable bonds is 2. The number of carbonyl (C=O) groups excluding carboxylic acids is 1. The monoisotopic (exact) mass is 191 g/mol. The predicted octanol–water partition coefficient (Wildman–Crippen LogP) is 0.387. The first-order valence-corrected chi connectivity index (χ1v) is 4.65. The van der Waals surface area contributed by atoms with Crippen molar-refractivity contribution in [3.63, 3.8) is 0 Å². The zero-order chi connectivity index (χ0) is 9.97. The SMILES string of the molecule is NCc1ccc(N2CCC(=O)N2)cc1. The summed E-state index contributed by atoms with van der Waals surface area (Å²) in [5.41, 5.74) is 10.4. The standard InChI is InChI=1S/C10H13N3O/c11-7-8-1-3-9(4-2-8)13-6-5-10(14)12-13/h1-4H,5-7,11H2,(H,12,14). The maximum absolute atomic E-state index is 11.0. The molecule has 4 nitrogen and oxygen atoms in total. The van der Waals surface area contributed by atoms with Gasteiger partial charge in [-0.3, -0.25) is 15.2 Å². The summed E-state index contributed by atoms with van der Waals surface area (Å²) in [6.45, 7) is 1.29. The molecule has 0 aliphatic carbocycles. The molecular weight excluding hydrogens is 178 g/mol. The molecular formula is C10H13N3O. The molecule has 0 spiro atoms. The van der Waals surface area contributed by atoms with Crippen molar-refractivity contribution in [1.29, 1.82) is 0 Å². The van der Waals surface area contributed by atoms with Crippen LogP contribution in [0.15, 0.2) is 24.3 Å². The first-order valence-electron chi connectivity index (χ1n) is 4.65. The van der Waals surface area contributed by atoms with Crippen molar-refractivity contribution in [1.82, 2.24) is 5.43 Å². The molecule has 74 valence electrons. The summed E-state index contributed by atoms with van der Waals surface area (Å²) >= 11 is 0. The Labute approximate surface area is 82.7 Å². The fraction of sp³-hybridized carbons (Fsp3) is 0.300. The van der Waals surface area contributed by atoms with Gasteiger partial charge in [0.25, 0.3) is 0 Å². The highest BCUT2D eigenvalue weighted by molar-refractivity contribution is 5.81. The van der Waals surface area contributed by atoms with Crippen molar-refractivity contribution in [2.45, 2.75) is 13.0 Å². The third-order valence-electron chi connectivity index (χ3n) is 2.31. The Morgan fingerprint density at radius 2 is 2.07 bits per heavy atom. The minimum atomic E-state index is 0.0768. The lowest BCUT2D eigenvalue weighted by atomic mass is 10.2. The molecule has 0 atom stereocenters. The molecule has 1 saturated heterocycles. The molecule has 0 radical (unpaired) electrons. The van der Waals surface area contributed by atoms with Crippen LogP contribution in [-0.2, 0) is 11.3 Å². The Morgan fingerprint density at radius 1 is 1.36 bits per heavy atom. The number of anilines is 1. The molecule has 2 rings (SSSR count). The highest BCUT2D eigenvalue weighted by Gasteiger charge is 2.17. The summed E-state index contributed by atoms with van der Waals surface area (Å²) in [4.78, 5) is 11.0. The summed E-state index contributed by atoms with van der Waals surface area (Å²) in [6.07, 6.45) is 0.568. The van der Waals surface area contributed by atoms with Crippen LogP contribution in [0.3, 0.4) is 0 Å². The molecule has 1 aliphatic heterocycles. The summed E-state index contributed by atoms with van der Waals surface area (Å²) < 4.78 is 0. The normalized spacial score (nSPS) is 15.8. The van der Waals surface area contributed by atoms with E-state index in [0.717, 1.165) is 17.8 Å². The molecule has 1 heterocycles. The Hall–Kier alpha value is -1.55. The van der Waals surface area contributed by atoms with Crippen molar-refractivity contribution >= 4 is 11.6 Å². The number of hydrogen-bond acceptors (Lipinski definition) is 3. The van der Waals surface area contributed by atoms with E-state index in [1.54, 1.807) is 0 Å². The lowest BCUT2D eigenvalue weighted by molar-refractivity contribution is -0.119. The minimum absolute atomic E-state index is 0.0768. The summed E-state index contributed by atoms with van der Waals surface area (Å²) in [6, 6.07) is 7.88. The number of amides is 1. The van der Waals surface area contributed by atoms with Gasteiger partial charge in [0.15, 0.2) is 0 Å². The number of hydrazine groups is 1. The van der Waals surface area contributed by atoms with E-state index in [4.69, 9.17) is 5.73 Å². The van der Waals surface area contributed by atoms with Crippen LogP contribution >= 0.6 is 0 Å². The second kappa shape index (κ2) is 3.67. The maximum Gasteiger partial charge on any atom is 0.240 e. The van der Waals surface area contributed by atoms with Crippen LogP contribution in [0.25, 0.3) is 0 Å². The zero-order valence-corrected chi connectivity index (χ0v) is 7.86. The van der Waals surface area contributed by atoms with Gasteiger partial charge in [0.05, 0.1) is 5.69 Å². The number of carbonyl (C=O) groups is 1. The summed E-state index contributed by atoms with van der Waals surface area (Å²) in [5, 5.41) is 1.85. The van der Waals surface area contributed by atoms with Crippen LogP contribution in [0.2, 0.25) is 0 Å². The van der Waals surface area contributed by atoms with Gasteiger partial charge in [0, 0.05) is 19.5 Å². The number of nitrogens with one attached hydrogen (secondary N) is 1. The quantitative estimate of drug-likeness (QED) is 0.710. The highest BCUT2D eigenvalue weighted by atomic mass is 16.2. The van der Waals surface area contributed by atoms with Crippen molar-refractivity contribution in [2.24, 2.45) is 5.73 Å². The molecule has 1 aromatic rings. The molecule has 1 aliphatic rings. The van der Waals surface area contributed by atoms with E-state index >= 15 is 0 Å². The summed E-state index contributed by atoms with van der Waals surface area (Å²) in [7, 11) is 0. The number of benzene rings is 1. The molecule has 0 unspecified atom stereocenters. The van der Waals surface area contributed by atoms with Crippen LogP contribution in [0.1, 0.15) is 12.0 Å². The third kappa shape index (κ3) is 1.70. The van der Waals surface area contributed by atoms with Gasteiger partial charge in [-0.1, -0.05) is 12.1 Å². The molecule has 0 bridgehead atoms. The topological polar surface area (TPSA) is 58.4 Å². The van der Waals surface area contributed by atoms with Crippen LogP contribution in [-0.4, -0.2) is 12.5 Å². The molecule has 3 N–H and O–H groups in total. The van der Waals surface area contributed by atoms with Gasteiger partial charge >= 0.3 is 0 Å². The molecule has 1 fully saturated rings. The lowest BCUT2D eigenvalue weighted by Gasteiger charge is -2.17. The molecule has 4 heteroatoms. The van der Waals surface area contributed by atoms with Crippen molar-refractivity contribution in [3.05, 3.63) is 29.8 Å². The number of nitrogens with zero attached hydrogens (tertiary/aromatic N) is 1. The van der Waals surface area contributed by atoms with E-state index in [-0.39, 0.29) is 5.91 Å². The molecule has 0 saturated carbocycles. The van der Waals surface area contributed by atoms with E-state index in [2.05, 4.69) is 5.43 Å². The average molecular weight is 191 g/mol. The van der Waals surface area contributed by atoms with E-state index in [1.165, 1.54) is 0 Å². The largest absolute Gasteiger partial charge is 0.326 e. The average Bonchev–Trinajstić information content (AvgIpc) is 2.65. The zero-order valence-electron chi connectivity index (χ0n) is 7.86. The van der Waals surface area contributed by atoms with Crippen LogP contribution < -0.4 is 16.2 Å². The minimum Gasteiger partial charge on any atom is -0.326 e. The van der Waals surface area contributed by atoms with Crippen LogP contribution in [0.4, 0.5) is 5.69 Å². The first-order chi connectivity index (χ1) is 6.79. The fourth-order valence-corrected chi connectivity index (χ4v) is 1.48. The Morgan fingerprint density at radius 3 is 2.57 bits per heavy atom. The highest BCUT2D eigenvalue weighted by Crippen LogP contribution is 2.16. The van der Waals surface area contributed by atoms with Gasteiger partial charge < -0.3 is 5.73 Å². The summed E-state index contributed by atoms with van der Waals surface area (Å²) in [5.74, 6) is 0.0768. The van der Waals surface area contributed by atoms with Gasteiger partial charge in [0.1, 0.15) is 0 Å². The fourth-order valence-electron chi connectivity index (χ4n) is 1.48. The van der Waals surface area contributed by atoms with E-state index in [1.807, 2.05) is 29.3 Å². The Bertz CT molecular complexity index is 334. The van der Waals surface area contributed by atoms with Crippen molar-refractivity contribution < 1.29 is 4.79 Å².